The molecular weight excluding hydrogens is 242 g/mol. The van der Waals surface area contributed by atoms with Crippen molar-refractivity contribution in [2.45, 2.75) is 38.3 Å². The van der Waals surface area contributed by atoms with Gasteiger partial charge in [-0.2, -0.15) is 4.98 Å². The standard InChI is InChI=1S/C13H23N5O/c1-2-3-4-10(14)13-15-12(16-19-13)11-9-17-5-7-18(11)8-6-17/h10-11H,2-9,14H2,1H3/t10-,11?/m0/s1. The van der Waals surface area contributed by atoms with Crippen LogP contribution in [-0.4, -0.2) is 52.7 Å². The monoisotopic (exact) mass is 265 g/mol. The number of hydrogen-bond donors (Lipinski definition) is 1. The number of hydrogen-bond acceptors (Lipinski definition) is 6. The molecule has 1 unspecified atom stereocenters. The van der Waals surface area contributed by atoms with Crippen molar-refractivity contribution < 1.29 is 4.52 Å². The maximum atomic E-state index is 6.08. The van der Waals surface area contributed by atoms with Crippen LogP contribution in [0.3, 0.4) is 0 Å². The van der Waals surface area contributed by atoms with Gasteiger partial charge in [-0.1, -0.05) is 24.9 Å². The molecule has 3 aliphatic heterocycles. The summed E-state index contributed by atoms with van der Waals surface area (Å²) in [7, 11) is 0. The van der Waals surface area contributed by atoms with Crippen LogP contribution in [0.25, 0.3) is 0 Å². The second-order valence-electron chi connectivity index (χ2n) is 5.59. The van der Waals surface area contributed by atoms with Gasteiger partial charge in [-0.15, -0.1) is 0 Å². The van der Waals surface area contributed by atoms with E-state index in [2.05, 4.69) is 26.9 Å². The number of fused-ring (bicyclic) bond motifs is 3. The second-order valence-corrected chi connectivity index (χ2v) is 5.59. The average molecular weight is 265 g/mol. The molecule has 6 nitrogen and oxygen atoms in total. The van der Waals surface area contributed by atoms with Gasteiger partial charge >= 0.3 is 0 Å². The first kappa shape index (κ1) is 13.0. The topological polar surface area (TPSA) is 71.4 Å². The van der Waals surface area contributed by atoms with Crippen molar-refractivity contribution in [1.29, 1.82) is 0 Å². The minimum Gasteiger partial charge on any atom is -0.338 e. The predicted molar refractivity (Wildman–Crippen MR) is 71.5 cm³/mol. The van der Waals surface area contributed by atoms with Gasteiger partial charge in [0.2, 0.25) is 5.89 Å². The normalized spacial score (nSPS) is 31.6. The summed E-state index contributed by atoms with van der Waals surface area (Å²) in [6.07, 6.45) is 3.15. The maximum absolute atomic E-state index is 6.08. The quantitative estimate of drug-likeness (QED) is 0.854. The highest BCUT2D eigenvalue weighted by molar-refractivity contribution is 5.02. The Hall–Kier alpha value is -0.980. The molecular formula is C13H23N5O. The second kappa shape index (κ2) is 5.56. The Labute approximate surface area is 113 Å². The van der Waals surface area contributed by atoms with E-state index in [0.29, 0.717) is 11.9 Å². The smallest absolute Gasteiger partial charge is 0.243 e. The Morgan fingerprint density at radius 3 is 2.79 bits per heavy atom. The third-order valence-corrected chi connectivity index (χ3v) is 4.22. The van der Waals surface area contributed by atoms with Gasteiger partial charge < -0.3 is 10.3 Å². The summed E-state index contributed by atoms with van der Waals surface area (Å²) in [5.41, 5.74) is 6.08. The summed E-state index contributed by atoms with van der Waals surface area (Å²) in [4.78, 5) is 9.45. The third-order valence-electron chi connectivity index (χ3n) is 4.22. The summed E-state index contributed by atoms with van der Waals surface area (Å²) in [5, 5.41) is 4.15. The van der Waals surface area contributed by atoms with Crippen molar-refractivity contribution >= 4 is 0 Å². The van der Waals surface area contributed by atoms with Gasteiger partial charge in [-0.25, -0.2) is 0 Å². The average Bonchev–Trinajstić information content (AvgIpc) is 2.95. The molecule has 2 atom stereocenters. The molecule has 4 heterocycles. The van der Waals surface area contributed by atoms with Gasteiger partial charge in [0.05, 0.1) is 12.1 Å². The van der Waals surface area contributed by atoms with E-state index in [0.717, 1.165) is 57.8 Å². The molecule has 0 aliphatic carbocycles. The molecule has 3 saturated heterocycles. The Morgan fingerprint density at radius 1 is 1.37 bits per heavy atom. The number of aromatic nitrogens is 2. The van der Waals surface area contributed by atoms with Crippen LogP contribution in [0.4, 0.5) is 0 Å². The SMILES string of the molecule is CCCC[C@H](N)c1nc(C2CN3CCN2CC3)no1. The molecule has 19 heavy (non-hydrogen) atoms. The van der Waals surface area contributed by atoms with Crippen molar-refractivity contribution in [2.24, 2.45) is 5.73 Å². The van der Waals surface area contributed by atoms with E-state index in [1.807, 2.05) is 0 Å². The van der Waals surface area contributed by atoms with Crippen LogP contribution < -0.4 is 5.73 Å². The van der Waals surface area contributed by atoms with Crippen LogP contribution in [-0.2, 0) is 0 Å². The van der Waals surface area contributed by atoms with Crippen molar-refractivity contribution in [3.63, 3.8) is 0 Å². The van der Waals surface area contributed by atoms with Gasteiger partial charge in [0.25, 0.3) is 0 Å². The van der Waals surface area contributed by atoms with Gasteiger partial charge in [-0.3, -0.25) is 9.80 Å². The van der Waals surface area contributed by atoms with Gasteiger partial charge in [0.1, 0.15) is 0 Å². The van der Waals surface area contributed by atoms with E-state index < -0.39 is 0 Å². The molecule has 0 spiro atoms. The van der Waals surface area contributed by atoms with Crippen molar-refractivity contribution in [2.75, 3.05) is 32.7 Å². The predicted octanol–water partition coefficient (Wildman–Crippen LogP) is 0.932. The van der Waals surface area contributed by atoms with E-state index >= 15 is 0 Å². The highest BCUT2D eigenvalue weighted by atomic mass is 16.5. The van der Waals surface area contributed by atoms with E-state index in [1.165, 1.54) is 0 Å². The van der Waals surface area contributed by atoms with E-state index in [-0.39, 0.29) is 6.04 Å². The summed E-state index contributed by atoms with van der Waals surface area (Å²) >= 11 is 0. The molecule has 0 saturated carbocycles. The first-order valence-corrected chi connectivity index (χ1v) is 7.33. The van der Waals surface area contributed by atoms with E-state index in [4.69, 9.17) is 10.3 Å². The molecule has 6 heteroatoms. The molecule has 3 fully saturated rings. The summed E-state index contributed by atoms with van der Waals surface area (Å²) in [6, 6.07) is 0.177. The zero-order chi connectivity index (χ0) is 13.2. The van der Waals surface area contributed by atoms with Crippen LogP contribution in [0.15, 0.2) is 4.52 Å². The van der Waals surface area contributed by atoms with Crippen LogP contribution >= 0.6 is 0 Å². The molecule has 3 aliphatic rings. The lowest BCUT2D eigenvalue weighted by molar-refractivity contribution is 0.00781. The van der Waals surface area contributed by atoms with Gasteiger partial charge in [-0.05, 0) is 6.42 Å². The fourth-order valence-corrected chi connectivity index (χ4v) is 2.94. The highest BCUT2D eigenvalue weighted by Crippen LogP contribution is 2.27. The molecule has 1 aromatic rings. The van der Waals surface area contributed by atoms with Crippen LogP contribution in [0.2, 0.25) is 0 Å². The summed E-state index contributed by atoms with van der Waals surface area (Å²) in [6.45, 7) is 7.72. The zero-order valence-electron chi connectivity index (χ0n) is 11.6. The lowest BCUT2D eigenvalue weighted by atomic mass is 10.1. The fraction of sp³-hybridized carbons (Fsp3) is 0.846. The minimum atomic E-state index is -0.114. The molecule has 4 rings (SSSR count). The maximum Gasteiger partial charge on any atom is 0.243 e. The molecule has 0 aromatic carbocycles. The molecule has 2 N–H and O–H groups in total. The Balaban J connectivity index is 1.67. The van der Waals surface area contributed by atoms with Crippen molar-refractivity contribution in [1.82, 2.24) is 19.9 Å². The van der Waals surface area contributed by atoms with Gasteiger partial charge in [0.15, 0.2) is 5.82 Å². The summed E-state index contributed by atoms with van der Waals surface area (Å²) in [5.74, 6) is 1.41. The molecule has 1 aromatic heterocycles. The highest BCUT2D eigenvalue weighted by Gasteiger charge is 2.35. The Bertz CT molecular complexity index is 413. The van der Waals surface area contributed by atoms with E-state index in [9.17, 15) is 0 Å². The van der Waals surface area contributed by atoms with Gasteiger partial charge in [0, 0.05) is 32.7 Å². The number of nitrogens with two attached hydrogens (primary N) is 1. The lowest BCUT2D eigenvalue weighted by Crippen LogP contribution is -2.57. The first-order valence-electron chi connectivity index (χ1n) is 7.33. The molecule has 2 bridgehead atoms. The zero-order valence-corrected chi connectivity index (χ0v) is 11.6. The molecule has 0 radical (unpaired) electrons. The number of piperazine rings is 3. The number of unbranched alkanes of at least 4 members (excludes halogenated alkanes) is 1. The van der Waals surface area contributed by atoms with Crippen LogP contribution in [0.5, 0.6) is 0 Å². The Morgan fingerprint density at radius 2 is 2.16 bits per heavy atom. The number of nitrogens with zero attached hydrogens (tertiary/aromatic N) is 4. The van der Waals surface area contributed by atoms with Crippen LogP contribution in [0, 0.1) is 0 Å². The van der Waals surface area contributed by atoms with Crippen LogP contribution in [0.1, 0.15) is 50.0 Å². The third kappa shape index (κ3) is 2.66. The Kier molecular flexibility index (Phi) is 3.81. The summed E-state index contributed by atoms with van der Waals surface area (Å²) < 4.78 is 5.35. The number of rotatable bonds is 5. The molecule has 0 amide bonds. The minimum absolute atomic E-state index is 0.114. The largest absolute Gasteiger partial charge is 0.338 e. The van der Waals surface area contributed by atoms with E-state index in [1.54, 1.807) is 0 Å². The lowest BCUT2D eigenvalue weighted by Gasteiger charge is -2.46. The van der Waals surface area contributed by atoms with Crippen molar-refractivity contribution in [3.05, 3.63) is 11.7 Å². The fourth-order valence-electron chi connectivity index (χ4n) is 2.94. The first-order chi connectivity index (χ1) is 9.28. The molecule has 106 valence electrons. The van der Waals surface area contributed by atoms with Crippen molar-refractivity contribution in [3.8, 4) is 0 Å².